The van der Waals surface area contributed by atoms with Gasteiger partial charge in [-0.1, -0.05) is 0 Å². The van der Waals surface area contributed by atoms with Gasteiger partial charge in [-0.05, 0) is 93.8 Å². The molecule has 0 heterocycles. The monoisotopic (exact) mass is 233 g/mol. The van der Waals surface area contributed by atoms with E-state index >= 15 is 0 Å². The van der Waals surface area contributed by atoms with E-state index in [0.717, 1.165) is 23.7 Å². The summed E-state index contributed by atoms with van der Waals surface area (Å²) in [6.07, 6.45) is 13.4. The molecule has 0 saturated heterocycles. The third kappa shape index (κ3) is 1.77. The van der Waals surface area contributed by atoms with E-state index in [4.69, 9.17) is 5.73 Å². The van der Waals surface area contributed by atoms with Crippen molar-refractivity contribution in [3.63, 3.8) is 0 Å². The van der Waals surface area contributed by atoms with Crippen molar-refractivity contribution >= 4 is 0 Å². The summed E-state index contributed by atoms with van der Waals surface area (Å²) in [6.45, 7) is 2.35. The fraction of sp³-hybridized carbons (Fsp3) is 1.00. The van der Waals surface area contributed by atoms with Crippen LogP contribution < -0.4 is 5.73 Å². The predicted molar refractivity (Wildman–Crippen MR) is 70.5 cm³/mol. The molecule has 0 aromatic carbocycles. The molecule has 0 aromatic rings. The average molecular weight is 233 g/mol. The van der Waals surface area contributed by atoms with E-state index in [1.165, 1.54) is 38.5 Å². The Morgan fingerprint density at radius 3 is 1.88 bits per heavy atom. The van der Waals surface area contributed by atoms with Crippen LogP contribution in [0.4, 0.5) is 0 Å². The molecule has 5 aliphatic rings. The van der Waals surface area contributed by atoms with Crippen molar-refractivity contribution in [1.29, 1.82) is 0 Å². The smallest absolute Gasteiger partial charge is 0.0159 e. The van der Waals surface area contributed by atoms with Crippen LogP contribution in [0, 0.1) is 29.1 Å². The maximum atomic E-state index is 6.64. The van der Waals surface area contributed by atoms with Gasteiger partial charge in [0.2, 0.25) is 0 Å². The van der Waals surface area contributed by atoms with E-state index in [2.05, 4.69) is 6.92 Å². The van der Waals surface area contributed by atoms with Crippen molar-refractivity contribution in [3.8, 4) is 0 Å². The average Bonchev–Trinajstić information content (AvgIpc) is 2.94. The van der Waals surface area contributed by atoms with Crippen molar-refractivity contribution < 1.29 is 0 Å². The van der Waals surface area contributed by atoms with E-state index in [9.17, 15) is 0 Å². The molecule has 4 bridgehead atoms. The summed E-state index contributed by atoms with van der Waals surface area (Å²) in [5.41, 5.74) is 7.48. The van der Waals surface area contributed by atoms with Crippen LogP contribution in [-0.4, -0.2) is 5.54 Å². The summed E-state index contributed by atoms with van der Waals surface area (Å²) in [5.74, 6) is 4.10. The molecule has 0 spiro atoms. The van der Waals surface area contributed by atoms with Gasteiger partial charge in [-0.15, -0.1) is 0 Å². The zero-order valence-corrected chi connectivity index (χ0v) is 11.3. The Kier molecular flexibility index (Phi) is 2.10. The second kappa shape index (κ2) is 3.29. The van der Waals surface area contributed by atoms with Gasteiger partial charge in [-0.3, -0.25) is 0 Å². The van der Waals surface area contributed by atoms with Crippen LogP contribution in [0.5, 0.6) is 0 Å². The maximum Gasteiger partial charge on any atom is 0.0159 e. The topological polar surface area (TPSA) is 26.0 Å². The zero-order chi connectivity index (χ0) is 11.7. The van der Waals surface area contributed by atoms with Crippen molar-refractivity contribution in [2.75, 3.05) is 0 Å². The quantitative estimate of drug-likeness (QED) is 0.790. The van der Waals surface area contributed by atoms with Crippen LogP contribution in [0.25, 0.3) is 0 Å². The molecule has 17 heavy (non-hydrogen) atoms. The van der Waals surface area contributed by atoms with Gasteiger partial charge < -0.3 is 5.73 Å². The predicted octanol–water partition coefficient (Wildman–Crippen LogP) is 3.72. The highest BCUT2D eigenvalue weighted by Gasteiger charge is 2.54. The lowest BCUT2D eigenvalue weighted by molar-refractivity contribution is -0.0684. The largest absolute Gasteiger partial charge is 0.325 e. The van der Waals surface area contributed by atoms with Crippen LogP contribution in [0.1, 0.15) is 64.7 Å². The molecule has 1 nitrogen and oxygen atoms in total. The molecule has 5 fully saturated rings. The molecule has 0 aliphatic heterocycles. The van der Waals surface area contributed by atoms with Gasteiger partial charge in [0, 0.05) is 5.54 Å². The van der Waals surface area contributed by atoms with Crippen molar-refractivity contribution in [2.45, 2.75) is 70.3 Å². The van der Waals surface area contributed by atoms with Crippen molar-refractivity contribution in [2.24, 2.45) is 34.8 Å². The summed E-state index contributed by atoms with van der Waals surface area (Å²) in [4.78, 5) is 0. The molecular formula is C16H27N. The van der Waals surface area contributed by atoms with Crippen LogP contribution in [-0.2, 0) is 0 Å². The fourth-order valence-corrected chi connectivity index (χ4v) is 6.20. The Labute approximate surface area is 106 Å². The summed E-state index contributed by atoms with van der Waals surface area (Å²) in [7, 11) is 0. The van der Waals surface area contributed by atoms with Gasteiger partial charge in [-0.2, -0.15) is 0 Å². The number of rotatable bonds is 3. The van der Waals surface area contributed by atoms with Gasteiger partial charge in [0.05, 0.1) is 0 Å². The van der Waals surface area contributed by atoms with Gasteiger partial charge in [0.15, 0.2) is 0 Å². The summed E-state index contributed by atoms with van der Waals surface area (Å²) in [5, 5.41) is 0. The van der Waals surface area contributed by atoms with E-state index < -0.39 is 0 Å². The third-order valence-electron chi connectivity index (χ3n) is 6.43. The van der Waals surface area contributed by atoms with Gasteiger partial charge in [0.25, 0.3) is 0 Å². The lowest BCUT2D eigenvalue weighted by atomic mass is 9.47. The molecule has 1 atom stereocenters. The number of hydrogen-bond acceptors (Lipinski definition) is 1. The highest BCUT2D eigenvalue weighted by molar-refractivity contribution is 5.07. The molecule has 0 radical (unpaired) electrons. The van der Waals surface area contributed by atoms with E-state index in [0.29, 0.717) is 5.41 Å². The maximum absolute atomic E-state index is 6.64. The minimum Gasteiger partial charge on any atom is -0.325 e. The van der Waals surface area contributed by atoms with Gasteiger partial charge in [-0.25, -0.2) is 0 Å². The highest BCUT2D eigenvalue weighted by atomic mass is 14.8. The minimum absolute atomic E-state index is 0.158. The molecule has 96 valence electrons. The molecule has 5 aliphatic carbocycles. The van der Waals surface area contributed by atoms with E-state index in [1.807, 2.05) is 0 Å². The lowest BCUT2D eigenvalue weighted by Crippen LogP contribution is -2.52. The first kappa shape index (κ1) is 10.8. The summed E-state index contributed by atoms with van der Waals surface area (Å²) < 4.78 is 0. The zero-order valence-electron chi connectivity index (χ0n) is 11.3. The molecular weight excluding hydrogens is 206 g/mol. The normalized spacial score (nSPS) is 51.5. The Morgan fingerprint density at radius 2 is 1.47 bits per heavy atom. The fourth-order valence-electron chi connectivity index (χ4n) is 6.20. The number of hydrogen-bond donors (Lipinski definition) is 1. The first-order valence-corrected chi connectivity index (χ1v) is 7.84. The van der Waals surface area contributed by atoms with E-state index in [1.54, 1.807) is 19.3 Å². The standard InChI is InChI=1S/C16H27N/c1-15(17,14-2-3-14)10-16-7-11-4-12(8-16)6-13(5-11)9-16/h11-14H,2-10,17H2,1H3. The first-order chi connectivity index (χ1) is 8.05. The molecule has 5 saturated carbocycles. The van der Waals surface area contributed by atoms with Crippen LogP contribution in [0.15, 0.2) is 0 Å². The van der Waals surface area contributed by atoms with Crippen LogP contribution >= 0.6 is 0 Å². The second-order valence-corrected chi connectivity index (χ2v) is 8.37. The van der Waals surface area contributed by atoms with Crippen LogP contribution in [0.3, 0.4) is 0 Å². The summed E-state index contributed by atoms with van der Waals surface area (Å²) >= 11 is 0. The minimum atomic E-state index is 0.158. The number of nitrogens with two attached hydrogens (primary N) is 1. The van der Waals surface area contributed by atoms with E-state index in [-0.39, 0.29) is 5.54 Å². The Morgan fingerprint density at radius 1 is 1.00 bits per heavy atom. The van der Waals surface area contributed by atoms with Gasteiger partial charge in [0.1, 0.15) is 0 Å². The Hall–Kier alpha value is -0.0400. The first-order valence-electron chi connectivity index (χ1n) is 7.84. The Bertz CT molecular complexity index is 291. The second-order valence-electron chi connectivity index (χ2n) is 8.37. The molecule has 1 heteroatoms. The lowest BCUT2D eigenvalue weighted by Gasteiger charge is -2.58. The molecule has 0 aromatic heterocycles. The van der Waals surface area contributed by atoms with Crippen LogP contribution in [0.2, 0.25) is 0 Å². The Balaban J connectivity index is 1.56. The SMILES string of the molecule is CC(N)(CC12CC3CC(CC(C3)C1)C2)C1CC1. The van der Waals surface area contributed by atoms with Crippen molar-refractivity contribution in [3.05, 3.63) is 0 Å². The molecule has 5 rings (SSSR count). The molecule has 0 amide bonds. The molecule has 2 N–H and O–H groups in total. The van der Waals surface area contributed by atoms with Gasteiger partial charge >= 0.3 is 0 Å². The third-order valence-corrected chi connectivity index (χ3v) is 6.43. The van der Waals surface area contributed by atoms with Crippen molar-refractivity contribution in [1.82, 2.24) is 0 Å². The molecule has 1 unspecified atom stereocenters. The highest BCUT2D eigenvalue weighted by Crippen LogP contribution is 2.63. The summed E-state index contributed by atoms with van der Waals surface area (Å²) in [6, 6.07) is 0.